The minimum Gasteiger partial charge on any atom is -0.303 e. The molecule has 0 spiro atoms. The van der Waals surface area contributed by atoms with Gasteiger partial charge in [-0.15, -0.1) is 0 Å². The molecule has 2 unspecified atom stereocenters. The minimum absolute atomic E-state index is 0.484. The highest BCUT2D eigenvalue weighted by molar-refractivity contribution is 5.49. The Morgan fingerprint density at radius 2 is 1.83 bits per heavy atom. The van der Waals surface area contributed by atoms with Crippen molar-refractivity contribution in [1.29, 1.82) is 0 Å². The van der Waals surface area contributed by atoms with Crippen LogP contribution in [0.25, 0.3) is 0 Å². The van der Waals surface area contributed by atoms with E-state index in [1.165, 1.54) is 12.0 Å². The molecule has 1 nitrogen and oxygen atoms in total. The van der Waals surface area contributed by atoms with Gasteiger partial charge in [-0.3, -0.25) is 0 Å². The number of allylic oxidation sites excluding steroid dienone is 5. The molecule has 0 bridgehead atoms. The van der Waals surface area contributed by atoms with Crippen LogP contribution in [-0.2, 0) is 4.79 Å². The zero-order valence-electron chi connectivity index (χ0n) is 12.4. The molecule has 0 heterocycles. The first-order chi connectivity index (χ1) is 8.47. The summed E-state index contributed by atoms with van der Waals surface area (Å²) in [5, 5.41) is 0. The molecule has 2 atom stereocenters. The van der Waals surface area contributed by atoms with Gasteiger partial charge in [0.15, 0.2) is 0 Å². The average Bonchev–Trinajstić information content (AvgIpc) is 2.28. The first-order valence-corrected chi connectivity index (χ1v) is 6.88. The van der Waals surface area contributed by atoms with Gasteiger partial charge in [-0.1, -0.05) is 42.9 Å². The van der Waals surface area contributed by atoms with Crippen LogP contribution >= 0.6 is 0 Å². The summed E-state index contributed by atoms with van der Waals surface area (Å²) in [5.41, 5.74) is 2.45. The molecule has 1 heteroatoms. The molecule has 102 valence electrons. The monoisotopic (exact) mass is 248 g/mol. The molecule has 0 saturated heterocycles. The number of carbonyl (C=O) groups is 1. The van der Waals surface area contributed by atoms with Gasteiger partial charge >= 0.3 is 0 Å². The summed E-state index contributed by atoms with van der Waals surface area (Å²) < 4.78 is 0. The molecular formula is C17H28O. The van der Waals surface area contributed by atoms with Gasteiger partial charge in [0.1, 0.15) is 6.29 Å². The Hall–Kier alpha value is -1.11. The van der Waals surface area contributed by atoms with Crippen molar-refractivity contribution < 1.29 is 4.79 Å². The highest BCUT2D eigenvalue weighted by atomic mass is 16.1. The maximum Gasteiger partial charge on any atom is 0.120 e. The van der Waals surface area contributed by atoms with Crippen LogP contribution < -0.4 is 0 Å². The molecule has 0 aliphatic carbocycles. The fraction of sp³-hybridized carbons (Fsp3) is 0.588. The minimum atomic E-state index is 0.484. The van der Waals surface area contributed by atoms with E-state index in [1.54, 1.807) is 0 Å². The van der Waals surface area contributed by atoms with E-state index >= 15 is 0 Å². The van der Waals surface area contributed by atoms with Crippen molar-refractivity contribution >= 4 is 6.29 Å². The zero-order chi connectivity index (χ0) is 14.0. The molecule has 0 aliphatic heterocycles. The summed E-state index contributed by atoms with van der Waals surface area (Å²) in [4.78, 5) is 10.5. The van der Waals surface area contributed by atoms with Crippen LogP contribution in [0.4, 0.5) is 0 Å². The van der Waals surface area contributed by atoms with Crippen molar-refractivity contribution in [2.24, 2.45) is 11.8 Å². The molecule has 0 fully saturated rings. The normalized spacial score (nSPS) is 14.2. The van der Waals surface area contributed by atoms with Crippen LogP contribution in [-0.4, -0.2) is 6.29 Å². The Balaban J connectivity index is 4.38. The molecule has 0 radical (unpaired) electrons. The quantitative estimate of drug-likeness (QED) is 0.315. The molecule has 0 N–H and O–H groups in total. The van der Waals surface area contributed by atoms with E-state index in [0.29, 0.717) is 18.3 Å². The van der Waals surface area contributed by atoms with Gasteiger partial charge in [-0.05, 0) is 51.9 Å². The van der Waals surface area contributed by atoms with Crippen molar-refractivity contribution in [3.05, 3.63) is 36.0 Å². The van der Waals surface area contributed by atoms with Crippen molar-refractivity contribution in [3.8, 4) is 0 Å². The fourth-order valence-corrected chi connectivity index (χ4v) is 1.97. The smallest absolute Gasteiger partial charge is 0.120 e. The van der Waals surface area contributed by atoms with Crippen LogP contribution in [0.2, 0.25) is 0 Å². The lowest BCUT2D eigenvalue weighted by atomic mass is 9.86. The van der Waals surface area contributed by atoms with E-state index in [2.05, 4.69) is 45.6 Å². The second-order valence-electron chi connectivity index (χ2n) is 5.45. The van der Waals surface area contributed by atoms with Crippen molar-refractivity contribution in [3.63, 3.8) is 0 Å². The van der Waals surface area contributed by atoms with Crippen molar-refractivity contribution in [2.45, 2.75) is 53.4 Å². The van der Waals surface area contributed by atoms with E-state index in [4.69, 9.17) is 0 Å². The molecular weight excluding hydrogens is 220 g/mol. The van der Waals surface area contributed by atoms with Crippen LogP contribution in [0.1, 0.15) is 53.4 Å². The van der Waals surface area contributed by atoms with Crippen LogP contribution in [0, 0.1) is 11.8 Å². The topological polar surface area (TPSA) is 17.1 Å². The third-order valence-corrected chi connectivity index (χ3v) is 3.15. The van der Waals surface area contributed by atoms with Gasteiger partial charge in [0, 0.05) is 6.42 Å². The van der Waals surface area contributed by atoms with Crippen molar-refractivity contribution in [1.82, 2.24) is 0 Å². The van der Waals surface area contributed by atoms with Crippen LogP contribution in [0.3, 0.4) is 0 Å². The average molecular weight is 248 g/mol. The Kier molecular flexibility index (Phi) is 9.26. The summed E-state index contributed by atoms with van der Waals surface area (Å²) in [6, 6.07) is 0. The lowest BCUT2D eigenvalue weighted by molar-refractivity contribution is -0.108. The molecule has 0 aliphatic rings. The fourth-order valence-electron chi connectivity index (χ4n) is 1.97. The van der Waals surface area contributed by atoms with Crippen LogP contribution in [0.15, 0.2) is 36.0 Å². The Labute approximate surface area is 113 Å². The highest BCUT2D eigenvalue weighted by Gasteiger charge is 2.13. The summed E-state index contributed by atoms with van der Waals surface area (Å²) in [6.45, 7) is 12.4. The van der Waals surface area contributed by atoms with E-state index in [9.17, 15) is 4.79 Å². The van der Waals surface area contributed by atoms with E-state index in [1.807, 2.05) is 6.92 Å². The zero-order valence-corrected chi connectivity index (χ0v) is 12.4. The summed E-state index contributed by atoms with van der Waals surface area (Å²) in [6.07, 6.45) is 11.5. The predicted octanol–water partition coefficient (Wildman–Crippen LogP) is 5.10. The number of rotatable bonds is 9. The first-order valence-electron chi connectivity index (χ1n) is 6.88. The molecule has 0 saturated carbocycles. The third kappa shape index (κ3) is 8.98. The van der Waals surface area contributed by atoms with Gasteiger partial charge in [0.2, 0.25) is 0 Å². The SMILES string of the molecule is C=C(C)C=CC(CCC=O)C(C)CCC=C(C)C. The summed E-state index contributed by atoms with van der Waals surface area (Å²) in [5.74, 6) is 1.09. The molecule has 0 rings (SSSR count). The van der Waals surface area contributed by atoms with Gasteiger partial charge in [-0.25, -0.2) is 0 Å². The number of hydrogen-bond donors (Lipinski definition) is 0. The van der Waals surface area contributed by atoms with Gasteiger partial charge in [0.05, 0.1) is 0 Å². The second kappa shape index (κ2) is 9.87. The summed E-state index contributed by atoms with van der Waals surface area (Å²) in [7, 11) is 0. The van der Waals surface area contributed by atoms with E-state index < -0.39 is 0 Å². The maximum absolute atomic E-state index is 10.5. The molecule has 0 aromatic rings. The largest absolute Gasteiger partial charge is 0.303 e. The van der Waals surface area contributed by atoms with E-state index in [0.717, 1.165) is 24.7 Å². The van der Waals surface area contributed by atoms with E-state index in [-0.39, 0.29) is 0 Å². The Morgan fingerprint density at radius 1 is 1.17 bits per heavy atom. The summed E-state index contributed by atoms with van der Waals surface area (Å²) >= 11 is 0. The predicted molar refractivity (Wildman–Crippen MR) is 80.6 cm³/mol. The highest BCUT2D eigenvalue weighted by Crippen LogP contribution is 2.24. The first kappa shape index (κ1) is 16.9. The number of carbonyl (C=O) groups excluding carboxylic acids is 1. The second-order valence-corrected chi connectivity index (χ2v) is 5.45. The molecule has 0 aromatic carbocycles. The number of aldehydes is 1. The Bertz CT molecular complexity index is 306. The molecule has 0 amide bonds. The van der Waals surface area contributed by atoms with Gasteiger partial charge in [0.25, 0.3) is 0 Å². The third-order valence-electron chi connectivity index (χ3n) is 3.15. The van der Waals surface area contributed by atoms with Gasteiger partial charge in [-0.2, -0.15) is 0 Å². The molecule has 18 heavy (non-hydrogen) atoms. The van der Waals surface area contributed by atoms with Crippen molar-refractivity contribution in [2.75, 3.05) is 0 Å². The van der Waals surface area contributed by atoms with Crippen LogP contribution in [0.5, 0.6) is 0 Å². The lowest BCUT2D eigenvalue weighted by Crippen LogP contribution is -2.09. The number of hydrogen-bond acceptors (Lipinski definition) is 1. The standard InChI is InChI=1S/C17H28O/c1-14(2)8-6-9-16(5)17(10-7-13-18)12-11-15(3)4/h8,11-13,16-17H,3,6-7,9-10H2,1-2,4-5H3. The Morgan fingerprint density at radius 3 is 2.33 bits per heavy atom. The molecule has 0 aromatic heterocycles. The van der Waals surface area contributed by atoms with Gasteiger partial charge < -0.3 is 4.79 Å². The lowest BCUT2D eigenvalue weighted by Gasteiger charge is -2.19. The maximum atomic E-state index is 10.5.